The van der Waals surface area contributed by atoms with Crippen LogP contribution in [0.15, 0.2) is 24.3 Å². The summed E-state index contributed by atoms with van der Waals surface area (Å²) >= 11 is 0. The van der Waals surface area contributed by atoms with Gasteiger partial charge in [-0.3, -0.25) is 4.79 Å². The summed E-state index contributed by atoms with van der Waals surface area (Å²) in [5.74, 6) is 0.311. The Labute approximate surface area is 118 Å². The number of nitrogens with one attached hydrogen (secondary N) is 1. The first kappa shape index (κ1) is 14.4. The van der Waals surface area contributed by atoms with Crippen molar-refractivity contribution in [3.8, 4) is 6.07 Å². The molecule has 0 aromatic heterocycles. The molecule has 1 atom stereocenters. The van der Waals surface area contributed by atoms with Crippen LogP contribution in [-0.4, -0.2) is 42.2 Å². The lowest BCUT2D eigenvalue weighted by molar-refractivity contribution is -0.129. The second kappa shape index (κ2) is 6.40. The van der Waals surface area contributed by atoms with Crippen molar-refractivity contribution < 1.29 is 9.90 Å². The maximum absolute atomic E-state index is 11.9. The molecule has 1 saturated carbocycles. The van der Waals surface area contributed by atoms with E-state index >= 15 is 0 Å². The Morgan fingerprint density at radius 2 is 2.15 bits per heavy atom. The second-order valence-corrected chi connectivity index (χ2v) is 5.22. The molecule has 1 amide bonds. The van der Waals surface area contributed by atoms with Crippen molar-refractivity contribution in [2.24, 2.45) is 5.92 Å². The first-order chi connectivity index (χ1) is 9.60. The maximum atomic E-state index is 11.9. The molecule has 2 N–H and O–H groups in total. The number of hydrogen-bond donors (Lipinski definition) is 2. The van der Waals surface area contributed by atoms with E-state index in [2.05, 4.69) is 5.32 Å². The number of aliphatic hydroxyl groups excluding tert-OH is 1. The van der Waals surface area contributed by atoms with Crippen molar-refractivity contribution in [3.63, 3.8) is 0 Å². The van der Waals surface area contributed by atoms with E-state index in [9.17, 15) is 9.90 Å². The van der Waals surface area contributed by atoms with Gasteiger partial charge in [-0.1, -0.05) is 0 Å². The third-order valence-electron chi connectivity index (χ3n) is 3.51. The normalized spacial score (nSPS) is 15.2. The van der Waals surface area contributed by atoms with Crippen molar-refractivity contribution in [1.29, 1.82) is 5.26 Å². The van der Waals surface area contributed by atoms with Gasteiger partial charge in [-0.15, -0.1) is 0 Å². The van der Waals surface area contributed by atoms with E-state index in [1.165, 1.54) is 0 Å². The summed E-state index contributed by atoms with van der Waals surface area (Å²) in [6.07, 6.45) is 1.72. The van der Waals surface area contributed by atoms with Gasteiger partial charge in [0.2, 0.25) is 5.91 Å². The standard InChI is InChI=1S/C15H19N3O2/c1-18(10-14(19)12-4-5-12)15(20)9-17-13-6-2-11(8-16)3-7-13/h2-3,6-7,12,14,17,19H,4-5,9-10H2,1H3. The Hall–Kier alpha value is -2.06. The first-order valence-corrected chi connectivity index (χ1v) is 6.76. The highest BCUT2D eigenvalue weighted by Crippen LogP contribution is 2.32. The molecular weight excluding hydrogens is 254 g/mol. The highest BCUT2D eigenvalue weighted by atomic mass is 16.3. The number of rotatable bonds is 6. The number of amides is 1. The molecule has 1 aliphatic rings. The van der Waals surface area contributed by atoms with E-state index in [-0.39, 0.29) is 12.5 Å². The van der Waals surface area contributed by atoms with E-state index < -0.39 is 6.10 Å². The molecule has 0 spiro atoms. The van der Waals surface area contributed by atoms with E-state index in [4.69, 9.17) is 5.26 Å². The van der Waals surface area contributed by atoms with Gasteiger partial charge in [0.1, 0.15) is 0 Å². The Bertz CT molecular complexity index is 503. The second-order valence-electron chi connectivity index (χ2n) is 5.22. The zero-order valence-corrected chi connectivity index (χ0v) is 11.5. The molecule has 106 valence electrons. The lowest BCUT2D eigenvalue weighted by Gasteiger charge is -2.21. The zero-order valence-electron chi connectivity index (χ0n) is 11.5. The number of nitrogens with zero attached hydrogens (tertiary/aromatic N) is 2. The lowest BCUT2D eigenvalue weighted by atomic mass is 10.2. The number of nitriles is 1. The minimum atomic E-state index is -0.404. The molecule has 0 radical (unpaired) electrons. The molecule has 0 saturated heterocycles. The first-order valence-electron chi connectivity index (χ1n) is 6.76. The number of carbonyl (C=O) groups excluding carboxylic acids is 1. The smallest absolute Gasteiger partial charge is 0.241 e. The third-order valence-corrected chi connectivity index (χ3v) is 3.51. The minimum absolute atomic E-state index is 0.0611. The minimum Gasteiger partial charge on any atom is -0.391 e. The van der Waals surface area contributed by atoms with Crippen molar-refractivity contribution in [2.75, 3.05) is 25.5 Å². The summed E-state index contributed by atoms with van der Waals surface area (Å²) in [6.45, 7) is 0.568. The largest absolute Gasteiger partial charge is 0.391 e. The third kappa shape index (κ3) is 3.97. The summed E-state index contributed by atoms with van der Waals surface area (Å²) in [7, 11) is 1.70. The lowest BCUT2D eigenvalue weighted by Crippen LogP contribution is -2.38. The van der Waals surface area contributed by atoms with Gasteiger partial charge in [0, 0.05) is 19.3 Å². The van der Waals surface area contributed by atoms with Crippen molar-refractivity contribution in [1.82, 2.24) is 4.90 Å². The van der Waals surface area contributed by atoms with Gasteiger partial charge in [0.25, 0.3) is 0 Å². The quantitative estimate of drug-likeness (QED) is 0.816. The summed E-state index contributed by atoms with van der Waals surface area (Å²) < 4.78 is 0. The van der Waals surface area contributed by atoms with Crippen LogP contribution in [0.5, 0.6) is 0 Å². The number of aliphatic hydroxyl groups is 1. The number of benzene rings is 1. The molecule has 1 aliphatic carbocycles. The number of likely N-dealkylation sites (N-methyl/N-ethyl adjacent to an activating group) is 1. The summed E-state index contributed by atoms with van der Waals surface area (Å²) in [5.41, 5.74) is 1.39. The molecule has 0 bridgehead atoms. The molecule has 1 fully saturated rings. The van der Waals surface area contributed by atoms with E-state index in [1.807, 2.05) is 6.07 Å². The van der Waals surface area contributed by atoms with Crippen LogP contribution in [0.4, 0.5) is 5.69 Å². The average Bonchev–Trinajstić information content (AvgIpc) is 3.29. The van der Waals surface area contributed by atoms with Gasteiger partial charge in [0.15, 0.2) is 0 Å². The predicted octanol–water partition coefficient (Wildman–Crippen LogP) is 1.20. The monoisotopic (exact) mass is 273 g/mol. The van der Waals surface area contributed by atoms with E-state index in [0.29, 0.717) is 18.0 Å². The Morgan fingerprint density at radius 1 is 1.50 bits per heavy atom. The fraction of sp³-hybridized carbons (Fsp3) is 0.467. The van der Waals surface area contributed by atoms with Crippen LogP contribution in [0, 0.1) is 17.2 Å². The Morgan fingerprint density at radius 3 is 2.70 bits per heavy atom. The molecule has 5 nitrogen and oxygen atoms in total. The number of carbonyl (C=O) groups is 1. The van der Waals surface area contributed by atoms with E-state index in [1.54, 1.807) is 36.2 Å². The summed E-state index contributed by atoms with van der Waals surface area (Å²) in [6, 6.07) is 8.99. The molecular formula is C15H19N3O2. The van der Waals surface area contributed by atoms with Crippen LogP contribution in [0.2, 0.25) is 0 Å². The molecule has 2 rings (SSSR count). The van der Waals surface area contributed by atoms with Crippen molar-refractivity contribution in [2.45, 2.75) is 18.9 Å². The summed E-state index contributed by atoms with van der Waals surface area (Å²) in [5, 5.41) is 21.5. The zero-order chi connectivity index (χ0) is 14.5. The molecule has 1 aromatic rings. The van der Waals surface area contributed by atoms with Crippen LogP contribution >= 0.6 is 0 Å². The Kier molecular flexibility index (Phi) is 4.59. The topological polar surface area (TPSA) is 76.4 Å². The molecule has 20 heavy (non-hydrogen) atoms. The van der Waals surface area contributed by atoms with Gasteiger partial charge in [-0.2, -0.15) is 5.26 Å². The Balaban J connectivity index is 1.77. The molecule has 1 unspecified atom stereocenters. The predicted molar refractivity (Wildman–Crippen MR) is 76.0 cm³/mol. The van der Waals surface area contributed by atoms with Gasteiger partial charge in [-0.25, -0.2) is 0 Å². The highest BCUT2D eigenvalue weighted by Gasteiger charge is 2.30. The SMILES string of the molecule is CN(CC(O)C1CC1)C(=O)CNc1ccc(C#N)cc1. The van der Waals surface area contributed by atoms with Crippen molar-refractivity contribution >= 4 is 11.6 Å². The van der Waals surface area contributed by atoms with Crippen LogP contribution in [0.1, 0.15) is 18.4 Å². The van der Waals surface area contributed by atoms with Crippen LogP contribution in [-0.2, 0) is 4.79 Å². The molecule has 0 aliphatic heterocycles. The fourth-order valence-corrected chi connectivity index (χ4v) is 1.99. The summed E-state index contributed by atoms with van der Waals surface area (Å²) in [4.78, 5) is 13.5. The number of anilines is 1. The van der Waals surface area contributed by atoms with Crippen LogP contribution in [0.3, 0.4) is 0 Å². The van der Waals surface area contributed by atoms with Gasteiger partial charge < -0.3 is 15.3 Å². The molecule has 5 heteroatoms. The highest BCUT2D eigenvalue weighted by molar-refractivity contribution is 5.80. The van der Waals surface area contributed by atoms with Gasteiger partial charge in [0.05, 0.1) is 24.3 Å². The maximum Gasteiger partial charge on any atom is 0.241 e. The van der Waals surface area contributed by atoms with Crippen LogP contribution < -0.4 is 5.32 Å². The van der Waals surface area contributed by atoms with Crippen LogP contribution in [0.25, 0.3) is 0 Å². The van der Waals surface area contributed by atoms with E-state index in [0.717, 1.165) is 18.5 Å². The van der Waals surface area contributed by atoms with Gasteiger partial charge >= 0.3 is 0 Å². The average molecular weight is 273 g/mol. The molecule has 1 aromatic carbocycles. The number of hydrogen-bond acceptors (Lipinski definition) is 4. The molecule has 0 heterocycles. The van der Waals surface area contributed by atoms with Gasteiger partial charge in [-0.05, 0) is 43.0 Å². The van der Waals surface area contributed by atoms with Crippen molar-refractivity contribution in [3.05, 3.63) is 29.8 Å². The fourth-order valence-electron chi connectivity index (χ4n) is 1.99.